The van der Waals surface area contributed by atoms with Crippen molar-refractivity contribution in [1.82, 2.24) is 25.2 Å². The number of hydrogen-bond donors (Lipinski definition) is 7. The number of nitrogens with two attached hydrogens (primary N) is 3. The van der Waals surface area contributed by atoms with Gasteiger partial charge in [-0.3, -0.25) is 9.98 Å². The molecule has 0 amide bonds. The number of hydrogen-bond acceptors (Lipinski definition) is 7. The van der Waals surface area contributed by atoms with Gasteiger partial charge in [-0.15, -0.1) is 13.2 Å². The van der Waals surface area contributed by atoms with E-state index in [1.807, 2.05) is 19.1 Å². The van der Waals surface area contributed by atoms with Crippen molar-refractivity contribution in [2.45, 2.75) is 57.6 Å². The Balaban J connectivity index is 1.55. The van der Waals surface area contributed by atoms with E-state index in [-0.39, 0.29) is 34.9 Å². The molecule has 0 aliphatic heterocycles. The summed E-state index contributed by atoms with van der Waals surface area (Å²) in [5.41, 5.74) is 18.3. The van der Waals surface area contributed by atoms with Crippen molar-refractivity contribution in [3.63, 3.8) is 0 Å². The minimum Gasteiger partial charge on any atom is -0.403 e. The number of halogens is 4. The van der Waals surface area contributed by atoms with E-state index in [9.17, 15) is 18.0 Å². The number of H-pyrrole nitrogens is 1. The maximum atomic E-state index is 15.3. The standard InChI is InChI=1S/C30H37F4N9O2/c1-17(36)3-2-4-19-11-23(26(31)25(12-19)45-30(32,33)34)24-13-20-16-43(29(44)42-27(20)41-24)22-7-5-18(6-8-22)15-39-10-9-21(14-35)40-28(37)38/h5-8,11-13,16-17,21,39H,2-4,9-10,14-15,35-36H2,1H3,(H4,37,38,40)(H,41,42,44)/t17-,21-/m0/s1. The van der Waals surface area contributed by atoms with Crippen molar-refractivity contribution < 1.29 is 22.3 Å². The van der Waals surface area contributed by atoms with Gasteiger partial charge in [-0.05, 0) is 80.6 Å². The highest BCUT2D eigenvalue weighted by atomic mass is 19.4. The monoisotopic (exact) mass is 631 g/mol. The van der Waals surface area contributed by atoms with Crippen LogP contribution in [0.2, 0.25) is 0 Å². The molecule has 2 atom stereocenters. The molecule has 0 spiro atoms. The van der Waals surface area contributed by atoms with Crippen LogP contribution in [0.25, 0.3) is 28.0 Å². The number of benzene rings is 2. The average molecular weight is 632 g/mol. The van der Waals surface area contributed by atoms with Crippen LogP contribution in [-0.2, 0) is 13.0 Å². The van der Waals surface area contributed by atoms with Gasteiger partial charge in [0.25, 0.3) is 0 Å². The van der Waals surface area contributed by atoms with Crippen LogP contribution in [0.1, 0.15) is 37.3 Å². The molecular weight excluding hydrogens is 594 g/mol. The summed E-state index contributed by atoms with van der Waals surface area (Å²) in [6.07, 6.45) is -1.29. The summed E-state index contributed by atoms with van der Waals surface area (Å²) in [7, 11) is 0. The maximum Gasteiger partial charge on any atom is 0.573 e. The topological polar surface area (TPSA) is 186 Å². The molecule has 4 rings (SSSR count). The number of guanidine groups is 1. The molecule has 10 N–H and O–H groups in total. The molecule has 0 radical (unpaired) electrons. The lowest BCUT2D eigenvalue weighted by Crippen LogP contribution is -2.44. The largest absolute Gasteiger partial charge is 0.573 e. The molecule has 2 heterocycles. The summed E-state index contributed by atoms with van der Waals surface area (Å²) in [5, 5.41) is 13.9. The molecular formula is C30H37F4N9O2. The van der Waals surface area contributed by atoms with Crippen LogP contribution in [0.4, 0.5) is 17.6 Å². The highest BCUT2D eigenvalue weighted by Crippen LogP contribution is 2.35. The number of nitrogens with one attached hydrogen (secondary N) is 4. The lowest BCUT2D eigenvalue weighted by molar-refractivity contribution is -0.275. The molecule has 0 fully saturated rings. The van der Waals surface area contributed by atoms with E-state index in [1.165, 1.54) is 22.9 Å². The van der Waals surface area contributed by atoms with Crippen LogP contribution in [0.3, 0.4) is 0 Å². The Kier molecular flexibility index (Phi) is 10.8. The zero-order chi connectivity index (χ0) is 32.7. The second kappa shape index (κ2) is 14.5. The number of ether oxygens (including phenoxy) is 1. The normalized spacial score (nSPS) is 13.1. The third-order valence-electron chi connectivity index (χ3n) is 7.11. The van der Waals surface area contributed by atoms with Crippen LogP contribution in [-0.4, -0.2) is 52.0 Å². The van der Waals surface area contributed by atoms with E-state index >= 15 is 4.39 Å². The van der Waals surface area contributed by atoms with Crippen molar-refractivity contribution in [3.8, 4) is 22.7 Å². The summed E-state index contributed by atoms with van der Waals surface area (Å²) in [6, 6.07) is 11.0. The van der Waals surface area contributed by atoms with Gasteiger partial charge >= 0.3 is 12.1 Å². The Morgan fingerprint density at radius 3 is 2.53 bits per heavy atom. The molecule has 0 bridgehead atoms. The van der Waals surface area contributed by atoms with Crippen LogP contribution in [0.15, 0.2) is 53.5 Å². The highest BCUT2D eigenvalue weighted by Gasteiger charge is 2.33. The second-order valence-corrected chi connectivity index (χ2v) is 10.9. The van der Waals surface area contributed by atoms with Crippen molar-refractivity contribution in [2.24, 2.45) is 17.2 Å². The first-order valence-corrected chi connectivity index (χ1v) is 14.4. The van der Waals surface area contributed by atoms with E-state index in [1.54, 1.807) is 12.1 Å². The number of alkyl halides is 3. The van der Waals surface area contributed by atoms with Gasteiger partial charge in [0.15, 0.2) is 17.5 Å². The average Bonchev–Trinajstić information content (AvgIpc) is 3.37. The molecule has 0 saturated heterocycles. The highest BCUT2D eigenvalue weighted by molar-refractivity contribution is 5.83. The van der Waals surface area contributed by atoms with Crippen molar-refractivity contribution >= 4 is 17.0 Å². The minimum atomic E-state index is -5.08. The van der Waals surface area contributed by atoms with E-state index in [0.717, 1.165) is 11.6 Å². The van der Waals surface area contributed by atoms with Crippen LogP contribution in [0.5, 0.6) is 5.75 Å². The maximum absolute atomic E-state index is 15.3. The number of aryl methyl sites for hydroxylation is 1. The second-order valence-electron chi connectivity index (χ2n) is 10.9. The van der Waals surface area contributed by atoms with Gasteiger partial charge in [-0.25, -0.2) is 9.18 Å². The van der Waals surface area contributed by atoms with Crippen molar-refractivity contribution in [2.75, 3.05) is 13.1 Å². The third-order valence-corrected chi connectivity index (χ3v) is 7.11. The molecule has 2 aromatic heterocycles. The SMILES string of the molecule is C[C@H](N)CCCc1cc(OC(F)(F)F)c(F)c(-c2cc3cn(-c4ccc(CNCC[C@@H](CN)NC(=N)N)cc4)c(=O)nc3[nH]2)c1. The Morgan fingerprint density at radius 1 is 1.16 bits per heavy atom. The molecule has 11 nitrogen and oxygen atoms in total. The molecule has 2 aromatic carbocycles. The van der Waals surface area contributed by atoms with E-state index in [0.29, 0.717) is 62.0 Å². The molecule has 15 heteroatoms. The third kappa shape index (κ3) is 9.26. The zero-order valence-corrected chi connectivity index (χ0v) is 24.7. The summed E-state index contributed by atoms with van der Waals surface area (Å²) in [6.45, 7) is 3.36. The molecule has 0 unspecified atom stereocenters. The van der Waals surface area contributed by atoms with Crippen molar-refractivity contribution in [1.29, 1.82) is 5.41 Å². The predicted octanol–water partition coefficient (Wildman–Crippen LogP) is 3.38. The summed E-state index contributed by atoms with van der Waals surface area (Å²) in [4.78, 5) is 19.8. The van der Waals surface area contributed by atoms with E-state index in [2.05, 4.69) is 25.3 Å². The van der Waals surface area contributed by atoms with Crippen molar-refractivity contribution in [3.05, 3.63) is 76.1 Å². The molecule has 4 aromatic rings. The van der Waals surface area contributed by atoms with Crippen LogP contribution in [0, 0.1) is 11.2 Å². The molecule has 0 aliphatic carbocycles. The zero-order valence-electron chi connectivity index (χ0n) is 24.7. The van der Waals surface area contributed by atoms with Gasteiger partial charge in [0.1, 0.15) is 5.65 Å². The fraction of sp³-hybridized carbons (Fsp3) is 0.367. The fourth-order valence-electron chi connectivity index (χ4n) is 4.90. The first-order chi connectivity index (χ1) is 21.3. The number of aromatic nitrogens is 3. The lowest BCUT2D eigenvalue weighted by Gasteiger charge is -2.16. The smallest absolute Gasteiger partial charge is 0.403 e. The number of rotatable bonds is 14. The fourth-order valence-corrected chi connectivity index (χ4v) is 4.90. The van der Waals surface area contributed by atoms with Gasteiger partial charge in [0.05, 0.1) is 11.4 Å². The first kappa shape index (κ1) is 33.4. The van der Waals surface area contributed by atoms with E-state index in [4.69, 9.17) is 22.6 Å². The number of nitrogens with zero attached hydrogens (tertiary/aromatic N) is 2. The number of aromatic amines is 1. The van der Waals surface area contributed by atoms with Gasteiger partial charge in [0, 0.05) is 42.3 Å². The molecule has 45 heavy (non-hydrogen) atoms. The van der Waals surface area contributed by atoms with E-state index < -0.39 is 23.6 Å². The quantitative estimate of drug-likeness (QED) is 0.0478. The molecule has 242 valence electrons. The first-order valence-electron chi connectivity index (χ1n) is 14.4. The van der Waals surface area contributed by atoms with Gasteiger partial charge in [-0.1, -0.05) is 12.1 Å². The lowest BCUT2D eigenvalue weighted by atomic mass is 10.0. The predicted molar refractivity (Wildman–Crippen MR) is 165 cm³/mol. The Morgan fingerprint density at radius 2 is 1.89 bits per heavy atom. The Labute approximate surface area is 256 Å². The van der Waals surface area contributed by atoms with Gasteiger partial charge in [-0.2, -0.15) is 4.98 Å². The molecule has 0 saturated carbocycles. The summed E-state index contributed by atoms with van der Waals surface area (Å²) < 4.78 is 59.9. The molecule has 0 aliphatic rings. The Hall–Kier alpha value is -4.47. The minimum absolute atomic E-state index is 0.0897. The Bertz CT molecular complexity index is 1670. The summed E-state index contributed by atoms with van der Waals surface area (Å²) >= 11 is 0. The van der Waals surface area contributed by atoms with Gasteiger partial charge < -0.3 is 37.6 Å². The van der Waals surface area contributed by atoms with Crippen LogP contribution >= 0.6 is 0 Å². The number of fused-ring (bicyclic) bond motifs is 1. The summed E-state index contributed by atoms with van der Waals surface area (Å²) in [5.74, 6) is -2.26. The van der Waals surface area contributed by atoms with Gasteiger partial charge in [0.2, 0.25) is 0 Å². The van der Waals surface area contributed by atoms with Crippen LogP contribution < -0.4 is 38.3 Å².